The lowest BCUT2D eigenvalue weighted by Crippen LogP contribution is -1.94. The third-order valence-corrected chi connectivity index (χ3v) is 10.5. The molecule has 10 rings (SSSR count). The minimum Gasteiger partial charge on any atom is -0.455 e. The van der Waals surface area contributed by atoms with Crippen LogP contribution in [0.15, 0.2) is 162 Å². The molecular formula is C44H26N2OS. The van der Waals surface area contributed by atoms with Gasteiger partial charge < -0.3 is 4.42 Å². The third-order valence-electron chi connectivity index (χ3n) is 9.31. The van der Waals surface area contributed by atoms with Gasteiger partial charge in [0.2, 0.25) is 0 Å². The maximum absolute atomic E-state index is 6.66. The van der Waals surface area contributed by atoms with E-state index in [0.29, 0.717) is 0 Å². The Balaban J connectivity index is 1.23. The molecule has 3 heterocycles. The zero-order valence-corrected chi connectivity index (χ0v) is 26.5. The molecule has 0 aliphatic heterocycles. The van der Waals surface area contributed by atoms with Crippen molar-refractivity contribution in [3.05, 3.63) is 158 Å². The molecule has 0 N–H and O–H groups in total. The summed E-state index contributed by atoms with van der Waals surface area (Å²) in [6, 6.07) is 55.4. The lowest BCUT2D eigenvalue weighted by Gasteiger charge is -2.11. The molecule has 0 spiro atoms. The van der Waals surface area contributed by atoms with Gasteiger partial charge in [-0.05, 0) is 51.9 Å². The average Bonchev–Trinajstić information content (AvgIpc) is 3.73. The van der Waals surface area contributed by atoms with Crippen LogP contribution in [0.2, 0.25) is 0 Å². The third kappa shape index (κ3) is 4.27. The molecular weight excluding hydrogens is 605 g/mol. The number of aromatic nitrogens is 2. The highest BCUT2D eigenvalue weighted by Gasteiger charge is 2.21. The minimum atomic E-state index is 0.717. The van der Waals surface area contributed by atoms with Gasteiger partial charge in [0.1, 0.15) is 11.2 Å². The molecule has 7 aromatic carbocycles. The summed E-state index contributed by atoms with van der Waals surface area (Å²) in [7, 11) is 0. The summed E-state index contributed by atoms with van der Waals surface area (Å²) in [6.45, 7) is 0. The molecule has 0 atom stereocenters. The Hall–Kier alpha value is -6.10. The Bertz CT molecular complexity index is 2820. The topological polar surface area (TPSA) is 38.9 Å². The fourth-order valence-corrected chi connectivity index (χ4v) is 8.09. The first-order valence-corrected chi connectivity index (χ1v) is 16.9. The fourth-order valence-electron chi connectivity index (χ4n) is 6.95. The number of rotatable bonds is 4. The van der Waals surface area contributed by atoms with Crippen LogP contribution in [0.4, 0.5) is 0 Å². The summed E-state index contributed by atoms with van der Waals surface area (Å²) in [5, 5.41) is 5.50. The smallest absolute Gasteiger partial charge is 0.160 e. The van der Waals surface area contributed by atoms with E-state index in [1.165, 1.54) is 21.4 Å². The summed E-state index contributed by atoms with van der Waals surface area (Å²) < 4.78 is 8.95. The highest BCUT2D eigenvalue weighted by atomic mass is 32.1. The van der Waals surface area contributed by atoms with Gasteiger partial charge in [0.05, 0.1) is 15.9 Å². The maximum atomic E-state index is 6.66. The number of benzene rings is 7. The van der Waals surface area contributed by atoms with Crippen LogP contribution in [0.3, 0.4) is 0 Å². The first-order chi connectivity index (χ1) is 23.8. The Morgan fingerprint density at radius 1 is 0.438 bits per heavy atom. The molecule has 4 heteroatoms. The first kappa shape index (κ1) is 27.1. The number of fused-ring (bicyclic) bond motifs is 8. The van der Waals surface area contributed by atoms with Gasteiger partial charge in [-0.1, -0.05) is 133 Å². The van der Waals surface area contributed by atoms with E-state index >= 15 is 0 Å². The first-order valence-electron chi connectivity index (χ1n) is 16.1. The fraction of sp³-hybridized carbons (Fsp3) is 0. The number of furan rings is 1. The van der Waals surface area contributed by atoms with E-state index < -0.39 is 0 Å². The van der Waals surface area contributed by atoms with Gasteiger partial charge in [0, 0.05) is 37.4 Å². The molecule has 0 saturated heterocycles. The minimum absolute atomic E-state index is 0.717. The predicted octanol–water partition coefficient (Wildman–Crippen LogP) is 12.6. The van der Waals surface area contributed by atoms with Crippen molar-refractivity contribution in [1.29, 1.82) is 0 Å². The van der Waals surface area contributed by atoms with Crippen LogP contribution in [-0.2, 0) is 0 Å². The monoisotopic (exact) mass is 630 g/mol. The van der Waals surface area contributed by atoms with E-state index in [4.69, 9.17) is 14.4 Å². The van der Waals surface area contributed by atoms with Crippen molar-refractivity contribution in [2.75, 3.05) is 0 Å². The second kappa shape index (κ2) is 10.7. The van der Waals surface area contributed by atoms with Crippen LogP contribution >= 0.6 is 11.3 Å². The highest BCUT2D eigenvalue weighted by molar-refractivity contribution is 7.26. The van der Waals surface area contributed by atoms with Gasteiger partial charge in [-0.3, -0.25) is 0 Å². The lowest BCUT2D eigenvalue weighted by molar-refractivity contribution is 0.673. The van der Waals surface area contributed by atoms with Gasteiger partial charge >= 0.3 is 0 Å². The Morgan fingerprint density at radius 2 is 1.04 bits per heavy atom. The molecule has 0 saturated carbocycles. The molecule has 224 valence electrons. The zero-order valence-electron chi connectivity index (χ0n) is 25.7. The van der Waals surface area contributed by atoms with Gasteiger partial charge in [-0.25, -0.2) is 9.97 Å². The molecule has 0 aliphatic carbocycles. The molecule has 10 aromatic rings. The molecule has 48 heavy (non-hydrogen) atoms. The Kier molecular flexibility index (Phi) is 6.05. The summed E-state index contributed by atoms with van der Waals surface area (Å²) in [5.74, 6) is 0.717. The van der Waals surface area contributed by atoms with E-state index in [1.54, 1.807) is 11.3 Å². The molecule has 0 radical (unpaired) electrons. The number of hydrogen-bond donors (Lipinski definition) is 0. The van der Waals surface area contributed by atoms with E-state index in [9.17, 15) is 0 Å². The molecule has 0 unspecified atom stereocenters. The van der Waals surface area contributed by atoms with Crippen LogP contribution in [0.5, 0.6) is 0 Å². The standard InChI is InChI=1S/C44H26N2OS/c1-3-11-27(12-4-1)29-19-21-30(22-20-29)44-45-40-35-17-9-10-18-39(35)48-43(40)41(46-44)36-26-37-33-24-23-31(28-13-5-2-6-14-28)25-38(33)47-42(37)34-16-8-7-15-32(34)36/h1-26H. The normalized spacial score (nSPS) is 11.8. The van der Waals surface area contributed by atoms with Crippen LogP contribution in [0.1, 0.15) is 0 Å². The summed E-state index contributed by atoms with van der Waals surface area (Å²) in [5.41, 5.74) is 10.4. The van der Waals surface area contributed by atoms with Crippen LogP contribution in [0, 0.1) is 0 Å². The van der Waals surface area contributed by atoms with Crippen molar-refractivity contribution >= 4 is 64.4 Å². The molecule has 0 bridgehead atoms. The van der Waals surface area contributed by atoms with Crippen molar-refractivity contribution in [3.63, 3.8) is 0 Å². The Morgan fingerprint density at radius 3 is 1.81 bits per heavy atom. The van der Waals surface area contributed by atoms with Crippen molar-refractivity contribution in [3.8, 4) is 44.9 Å². The lowest BCUT2D eigenvalue weighted by atomic mass is 9.97. The van der Waals surface area contributed by atoms with Gasteiger partial charge in [0.15, 0.2) is 5.82 Å². The number of nitrogens with zero attached hydrogens (tertiary/aromatic N) is 2. The number of hydrogen-bond acceptors (Lipinski definition) is 4. The summed E-state index contributed by atoms with van der Waals surface area (Å²) in [6.07, 6.45) is 0. The SMILES string of the molecule is c1ccc(-c2ccc(-c3nc(-c4cc5c6ccc(-c7ccccc7)cc6oc5c5ccccc45)c4sc5ccccc5c4n3)cc2)cc1. The zero-order chi connectivity index (χ0) is 31.6. The molecule has 3 aromatic heterocycles. The summed E-state index contributed by atoms with van der Waals surface area (Å²) in [4.78, 5) is 10.6. The van der Waals surface area contributed by atoms with Crippen molar-refractivity contribution in [1.82, 2.24) is 9.97 Å². The van der Waals surface area contributed by atoms with Gasteiger partial charge in [-0.15, -0.1) is 11.3 Å². The number of thiophene rings is 1. The van der Waals surface area contributed by atoms with Gasteiger partial charge in [0.25, 0.3) is 0 Å². The van der Waals surface area contributed by atoms with E-state index in [-0.39, 0.29) is 0 Å². The van der Waals surface area contributed by atoms with E-state index in [0.717, 1.165) is 76.5 Å². The van der Waals surface area contributed by atoms with Crippen molar-refractivity contribution < 1.29 is 4.42 Å². The highest BCUT2D eigenvalue weighted by Crippen LogP contribution is 2.45. The second-order valence-corrected chi connectivity index (χ2v) is 13.2. The summed E-state index contributed by atoms with van der Waals surface area (Å²) >= 11 is 1.76. The maximum Gasteiger partial charge on any atom is 0.160 e. The second-order valence-electron chi connectivity index (χ2n) is 12.1. The van der Waals surface area contributed by atoms with Crippen LogP contribution in [-0.4, -0.2) is 9.97 Å². The largest absolute Gasteiger partial charge is 0.455 e. The van der Waals surface area contributed by atoms with Crippen LogP contribution < -0.4 is 0 Å². The van der Waals surface area contributed by atoms with Crippen LogP contribution in [0.25, 0.3) is 97.9 Å². The van der Waals surface area contributed by atoms with E-state index in [2.05, 4.69) is 146 Å². The predicted molar refractivity (Wildman–Crippen MR) is 201 cm³/mol. The Labute approximate surface area is 280 Å². The van der Waals surface area contributed by atoms with E-state index in [1.807, 2.05) is 12.1 Å². The van der Waals surface area contributed by atoms with Crippen molar-refractivity contribution in [2.24, 2.45) is 0 Å². The molecule has 0 fully saturated rings. The van der Waals surface area contributed by atoms with Crippen molar-refractivity contribution in [2.45, 2.75) is 0 Å². The molecule has 0 amide bonds. The molecule has 3 nitrogen and oxygen atoms in total. The van der Waals surface area contributed by atoms with Gasteiger partial charge in [-0.2, -0.15) is 0 Å². The quantitative estimate of drug-likeness (QED) is 0.194. The molecule has 0 aliphatic rings. The average molecular weight is 631 g/mol.